The molecule has 0 spiro atoms. The second-order valence-corrected chi connectivity index (χ2v) is 4.29. The van der Waals surface area contributed by atoms with Crippen LogP contribution in [-0.4, -0.2) is 17.2 Å². The van der Waals surface area contributed by atoms with E-state index >= 15 is 0 Å². The molecule has 0 amide bonds. The molecule has 1 N–H and O–H groups in total. The first-order valence-corrected chi connectivity index (χ1v) is 5.43. The number of carboxylic acids is 1. The first kappa shape index (κ1) is 12.0. The fraction of sp³-hybridized carbons (Fsp3) is 0.364. The standard InChI is InChI=1S/C11H13BrO3/c1-7-5-9(3-4-10(7)12)15-8(2)6-11(13)14/h3-5,8H,6H2,1-2H3,(H,13,14)/t8-/m1/s1. The van der Waals surface area contributed by atoms with E-state index in [1.807, 2.05) is 25.1 Å². The summed E-state index contributed by atoms with van der Waals surface area (Å²) in [5.74, 6) is -0.152. The largest absolute Gasteiger partial charge is 0.490 e. The van der Waals surface area contributed by atoms with Crippen LogP contribution in [0, 0.1) is 6.92 Å². The molecule has 15 heavy (non-hydrogen) atoms. The summed E-state index contributed by atoms with van der Waals surface area (Å²) in [6.07, 6.45) is -0.308. The van der Waals surface area contributed by atoms with Crippen LogP contribution in [0.2, 0.25) is 0 Å². The third kappa shape index (κ3) is 3.91. The normalized spacial score (nSPS) is 12.2. The minimum Gasteiger partial charge on any atom is -0.490 e. The summed E-state index contributed by atoms with van der Waals surface area (Å²) in [5.41, 5.74) is 1.06. The second-order valence-electron chi connectivity index (χ2n) is 3.44. The van der Waals surface area contributed by atoms with Crippen molar-refractivity contribution in [2.75, 3.05) is 0 Å². The molecule has 0 aliphatic rings. The van der Waals surface area contributed by atoms with Crippen molar-refractivity contribution in [1.82, 2.24) is 0 Å². The van der Waals surface area contributed by atoms with E-state index in [-0.39, 0.29) is 12.5 Å². The molecule has 1 rings (SSSR count). The monoisotopic (exact) mass is 272 g/mol. The minimum absolute atomic E-state index is 0.00904. The maximum Gasteiger partial charge on any atom is 0.307 e. The molecule has 0 saturated heterocycles. The summed E-state index contributed by atoms with van der Waals surface area (Å²) in [6.45, 7) is 3.70. The maximum atomic E-state index is 10.4. The molecular formula is C11H13BrO3. The highest BCUT2D eigenvalue weighted by Gasteiger charge is 2.09. The fourth-order valence-corrected chi connectivity index (χ4v) is 1.46. The van der Waals surface area contributed by atoms with E-state index in [0.717, 1.165) is 10.0 Å². The molecule has 1 aromatic rings. The van der Waals surface area contributed by atoms with Gasteiger partial charge in [-0.2, -0.15) is 0 Å². The number of hydrogen-bond donors (Lipinski definition) is 1. The lowest BCUT2D eigenvalue weighted by Crippen LogP contribution is -2.16. The number of ether oxygens (including phenoxy) is 1. The number of rotatable bonds is 4. The van der Waals surface area contributed by atoms with E-state index in [2.05, 4.69) is 15.9 Å². The predicted molar refractivity (Wildman–Crippen MR) is 61.2 cm³/mol. The summed E-state index contributed by atoms with van der Waals surface area (Å²) in [7, 11) is 0. The highest BCUT2D eigenvalue weighted by atomic mass is 79.9. The van der Waals surface area contributed by atoms with Gasteiger partial charge in [-0.05, 0) is 37.6 Å². The first-order valence-electron chi connectivity index (χ1n) is 4.63. The average Bonchev–Trinajstić information content (AvgIpc) is 2.10. The van der Waals surface area contributed by atoms with Crippen LogP contribution in [0.3, 0.4) is 0 Å². The van der Waals surface area contributed by atoms with E-state index in [9.17, 15) is 4.79 Å². The number of halogens is 1. The smallest absolute Gasteiger partial charge is 0.307 e. The molecule has 0 unspecified atom stereocenters. The van der Waals surface area contributed by atoms with Gasteiger partial charge in [0.2, 0.25) is 0 Å². The van der Waals surface area contributed by atoms with Gasteiger partial charge in [-0.3, -0.25) is 4.79 Å². The SMILES string of the molecule is Cc1cc(O[C@H](C)CC(=O)O)ccc1Br. The van der Waals surface area contributed by atoms with E-state index < -0.39 is 5.97 Å². The lowest BCUT2D eigenvalue weighted by Gasteiger charge is -2.13. The van der Waals surface area contributed by atoms with Crippen molar-refractivity contribution in [2.45, 2.75) is 26.4 Å². The topological polar surface area (TPSA) is 46.5 Å². The Balaban J connectivity index is 2.64. The number of carbonyl (C=O) groups is 1. The zero-order valence-corrected chi connectivity index (χ0v) is 10.2. The fourth-order valence-electron chi connectivity index (χ4n) is 1.21. The number of aliphatic carboxylic acids is 1. The highest BCUT2D eigenvalue weighted by Crippen LogP contribution is 2.22. The average molecular weight is 273 g/mol. The number of benzene rings is 1. The summed E-state index contributed by atoms with van der Waals surface area (Å²) in [6, 6.07) is 5.58. The lowest BCUT2D eigenvalue weighted by molar-refractivity contribution is -0.138. The Hall–Kier alpha value is -1.03. The van der Waals surface area contributed by atoms with Crippen LogP contribution in [0.5, 0.6) is 5.75 Å². The van der Waals surface area contributed by atoms with E-state index in [1.54, 1.807) is 6.92 Å². The maximum absolute atomic E-state index is 10.4. The van der Waals surface area contributed by atoms with E-state index in [4.69, 9.17) is 9.84 Å². The molecule has 82 valence electrons. The molecule has 0 fully saturated rings. The van der Waals surface area contributed by atoms with Gasteiger partial charge in [0.25, 0.3) is 0 Å². The predicted octanol–water partition coefficient (Wildman–Crippen LogP) is 3.00. The van der Waals surface area contributed by atoms with Crippen molar-refractivity contribution < 1.29 is 14.6 Å². The Kier molecular flexibility index (Phi) is 4.15. The molecule has 0 heterocycles. The molecule has 4 heteroatoms. The Labute approximate surface area is 97.2 Å². The quantitative estimate of drug-likeness (QED) is 0.917. The summed E-state index contributed by atoms with van der Waals surface area (Å²) >= 11 is 3.39. The van der Waals surface area contributed by atoms with Crippen molar-refractivity contribution in [1.29, 1.82) is 0 Å². The number of hydrogen-bond acceptors (Lipinski definition) is 2. The zero-order chi connectivity index (χ0) is 11.4. The molecule has 0 aromatic heterocycles. The number of aryl methyl sites for hydroxylation is 1. The van der Waals surface area contributed by atoms with Crippen LogP contribution in [0.25, 0.3) is 0 Å². The van der Waals surface area contributed by atoms with Gasteiger partial charge in [-0.25, -0.2) is 0 Å². The van der Waals surface area contributed by atoms with Crippen molar-refractivity contribution >= 4 is 21.9 Å². The van der Waals surface area contributed by atoms with Crippen LogP contribution in [-0.2, 0) is 4.79 Å². The summed E-state index contributed by atoms with van der Waals surface area (Å²) in [5, 5.41) is 8.57. The molecule has 0 bridgehead atoms. The van der Waals surface area contributed by atoms with Crippen LogP contribution < -0.4 is 4.74 Å². The molecule has 0 aliphatic carbocycles. The van der Waals surface area contributed by atoms with E-state index in [1.165, 1.54) is 0 Å². The zero-order valence-electron chi connectivity index (χ0n) is 8.66. The third-order valence-electron chi connectivity index (χ3n) is 1.93. The molecule has 0 saturated carbocycles. The second kappa shape index (κ2) is 5.16. The van der Waals surface area contributed by atoms with Crippen LogP contribution in [0.1, 0.15) is 18.9 Å². The summed E-state index contributed by atoms with van der Waals surface area (Å²) < 4.78 is 6.47. The lowest BCUT2D eigenvalue weighted by atomic mass is 10.2. The molecule has 1 atom stereocenters. The highest BCUT2D eigenvalue weighted by molar-refractivity contribution is 9.10. The summed E-state index contributed by atoms with van der Waals surface area (Å²) in [4.78, 5) is 10.4. The van der Waals surface area contributed by atoms with Crippen LogP contribution >= 0.6 is 15.9 Å². The van der Waals surface area contributed by atoms with E-state index in [0.29, 0.717) is 5.75 Å². The molecule has 1 aromatic carbocycles. The molecule has 0 radical (unpaired) electrons. The van der Waals surface area contributed by atoms with Crippen molar-refractivity contribution in [3.63, 3.8) is 0 Å². The van der Waals surface area contributed by atoms with Gasteiger partial charge in [-0.15, -0.1) is 0 Å². The minimum atomic E-state index is -0.851. The Morgan fingerprint density at radius 2 is 2.27 bits per heavy atom. The molecule has 0 aliphatic heterocycles. The van der Waals surface area contributed by atoms with Crippen LogP contribution in [0.15, 0.2) is 22.7 Å². The van der Waals surface area contributed by atoms with Crippen LogP contribution in [0.4, 0.5) is 0 Å². The molecular weight excluding hydrogens is 260 g/mol. The van der Waals surface area contributed by atoms with Gasteiger partial charge >= 0.3 is 5.97 Å². The van der Waals surface area contributed by atoms with Crippen molar-refractivity contribution in [2.24, 2.45) is 0 Å². The van der Waals surface area contributed by atoms with Gasteiger partial charge in [0.15, 0.2) is 0 Å². The Bertz CT molecular complexity index is 363. The van der Waals surface area contributed by atoms with Gasteiger partial charge in [0.1, 0.15) is 11.9 Å². The van der Waals surface area contributed by atoms with Gasteiger partial charge in [0, 0.05) is 4.47 Å². The van der Waals surface area contributed by atoms with Gasteiger partial charge in [-0.1, -0.05) is 15.9 Å². The Morgan fingerprint density at radius 3 is 2.80 bits per heavy atom. The van der Waals surface area contributed by atoms with Gasteiger partial charge in [0.05, 0.1) is 6.42 Å². The molecule has 3 nitrogen and oxygen atoms in total. The van der Waals surface area contributed by atoms with Crippen molar-refractivity contribution in [3.8, 4) is 5.75 Å². The number of carboxylic acid groups (broad SMARTS) is 1. The van der Waals surface area contributed by atoms with Crippen molar-refractivity contribution in [3.05, 3.63) is 28.2 Å². The first-order chi connectivity index (χ1) is 6.99. The van der Waals surface area contributed by atoms with Gasteiger partial charge < -0.3 is 9.84 Å². The third-order valence-corrected chi connectivity index (χ3v) is 2.82. The Morgan fingerprint density at radius 1 is 1.60 bits per heavy atom.